The van der Waals surface area contributed by atoms with Crippen molar-refractivity contribution in [1.82, 2.24) is 5.32 Å². The Labute approximate surface area is 181 Å². The second kappa shape index (κ2) is 10.7. The Morgan fingerprint density at radius 3 is 2.10 bits per heavy atom. The maximum absolute atomic E-state index is 14.6. The van der Waals surface area contributed by atoms with Gasteiger partial charge in [0.25, 0.3) is 0 Å². The third-order valence-electron chi connectivity index (χ3n) is 4.30. The largest absolute Gasteiger partial charge is 0.452 e. The summed E-state index contributed by atoms with van der Waals surface area (Å²) in [7, 11) is 0. The number of ketones is 1. The molecule has 0 saturated heterocycles. The van der Waals surface area contributed by atoms with Crippen LogP contribution in [0, 0.1) is 0 Å². The maximum atomic E-state index is 14.6. The number of esters is 1. The zero-order valence-corrected chi connectivity index (χ0v) is 18.2. The molecule has 31 heavy (non-hydrogen) atoms. The van der Waals surface area contributed by atoms with Gasteiger partial charge < -0.3 is 14.8 Å². The van der Waals surface area contributed by atoms with E-state index in [9.17, 15) is 18.8 Å². The molecule has 0 aliphatic heterocycles. The molecule has 166 valence electrons. The Balaban J connectivity index is 1.92. The number of Topliss-reactive ketones (excluding diaryl/α,β-unsaturated/α-hetero) is 1. The molecule has 0 fully saturated rings. The lowest BCUT2D eigenvalue weighted by Gasteiger charge is -2.21. The molecule has 0 aliphatic rings. The SMILES string of the molecule is CC(=O)[C@H](CCNC(=O)OC(C)(C)C)OC(=O)C(F)c1ccc(-c2ccccc2)cc1. The van der Waals surface area contributed by atoms with Gasteiger partial charge in [0.2, 0.25) is 6.17 Å². The van der Waals surface area contributed by atoms with E-state index in [2.05, 4.69) is 5.32 Å². The van der Waals surface area contributed by atoms with Crippen molar-refractivity contribution in [3.8, 4) is 11.1 Å². The van der Waals surface area contributed by atoms with Gasteiger partial charge >= 0.3 is 12.1 Å². The number of halogens is 1. The smallest absolute Gasteiger partial charge is 0.407 e. The number of carbonyl (C=O) groups is 3. The summed E-state index contributed by atoms with van der Waals surface area (Å²) in [6.45, 7) is 6.45. The van der Waals surface area contributed by atoms with Crippen molar-refractivity contribution >= 4 is 17.8 Å². The van der Waals surface area contributed by atoms with Gasteiger partial charge in [-0.15, -0.1) is 0 Å². The molecule has 0 aliphatic carbocycles. The van der Waals surface area contributed by atoms with Gasteiger partial charge in [0.05, 0.1) is 0 Å². The lowest BCUT2D eigenvalue weighted by atomic mass is 10.0. The minimum absolute atomic E-state index is 0.0139. The van der Waals surface area contributed by atoms with Crippen molar-refractivity contribution < 1.29 is 28.2 Å². The van der Waals surface area contributed by atoms with E-state index in [1.807, 2.05) is 30.3 Å². The highest BCUT2D eigenvalue weighted by atomic mass is 19.1. The molecular weight excluding hydrogens is 401 g/mol. The lowest BCUT2D eigenvalue weighted by molar-refractivity contribution is -0.160. The van der Waals surface area contributed by atoms with Gasteiger partial charge in [-0.25, -0.2) is 14.0 Å². The first-order chi connectivity index (χ1) is 14.6. The lowest BCUT2D eigenvalue weighted by Crippen LogP contribution is -2.36. The summed E-state index contributed by atoms with van der Waals surface area (Å²) < 4.78 is 24.8. The van der Waals surface area contributed by atoms with Gasteiger partial charge in [-0.2, -0.15) is 0 Å². The molecule has 1 N–H and O–H groups in total. The van der Waals surface area contributed by atoms with Crippen LogP contribution < -0.4 is 5.32 Å². The number of nitrogens with one attached hydrogen (secondary N) is 1. The fourth-order valence-corrected chi connectivity index (χ4v) is 2.78. The van der Waals surface area contributed by atoms with E-state index in [0.717, 1.165) is 11.1 Å². The number of hydrogen-bond acceptors (Lipinski definition) is 5. The van der Waals surface area contributed by atoms with Gasteiger partial charge in [-0.1, -0.05) is 54.6 Å². The highest BCUT2D eigenvalue weighted by Gasteiger charge is 2.27. The first-order valence-electron chi connectivity index (χ1n) is 10.0. The predicted molar refractivity (Wildman–Crippen MR) is 115 cm³/mol. The average molecular weight is 429 g/mol. The summed E-state index contributed by atoms with van der Waals surface area (Å²) in [5.41, 5.74) is 1.34. The zero-order chi connectivity index (χ0) is 23.0. The summed E-state index contributed by atoms with van der Waals surface area (Å²) in [5, 5.41) is 2.48. The molecule has 0 aromatic heterocycles. The summed E-state index contributed by atoms with van der Waals surface area (Å²) in [6.07, 6.45) is -3.82. The fraction of sp³-hybridized carbons (Fsp3) is 0.375. The second-order valence-corrected chi connectivity index (χ2v) is 8.10. The Morgan fingerprint density at radius 1 is 0.968 bits per heavy atom. The summed E-state index contributed by atoms with van der Waals surface area (Å²) in [5.74, 6) is -1.59. The quantitative estimate of drug-likeness (QED) is 0.611. The first kappa shape index (κ1) is 24.1. The molecule has 1 unspecified atom stereocenters. The van der Waals surface area contributed by atoms with Crippen molar-refractivity contribution in [2.45, 2.75) is 52.0 Å². The number of benzene rings is 2. The zero-order valence-electron chi connectivity index (χ0n) is 18.2. The molecular formula is C24H28FNO5. The number of amides is 1. The standard InChI is InChI=1S/C24H28FNO5/c1-16(27)20(14-15-26-23(29)31-24(2,3)4)30-22(28)21(25)19-12-10-18(11-13-19)17-8-6-5-7-9-17/h5-13,20-21H,14-15H2,1-4H3,(H,26,29)/t20-,21?/m0/s1. The van der Waals surface area contributed by atoms with Crippen molar-refractivity contribution in [2.24, 2.45) is 0 Å². The van der Waals surface area contributed by atoms with Crippen LogP contribution in [-0.4, -0.2) is 36.1 Å². The van der Waals surface area contributed by atoms with Crippen LogP contribution in [0.1, 0.15) is 45.9 Å². The van der Waals surface area contributed by atoms with Crippen LogP contribution in [0.15, 0.2) is 54.6 Å². The molecule has 1 amide bonds. The van der Waals surface area contributed by atoms with Crippen LogP contribution in [0.5, 0.6) is 0 Å². The Bertz CT molecular complexity index is 890. The maximum Gasteiger partial charge on any atom is 0.407 e. The van der Waals surface area contributed by atoms with Gasteiger partial charge in [-0.3, -0.25) is 4.79 Å². The highest BCUT2D eigenvalue weighted by Crippen LogP contribution is 2.25. The topological polar surface area (TPSA) is 81.7 Å². The van der Waals surface area contributed by atoms with E-state index in [1.54, 1.807) is 32.9 Å². The van der Waals surface area contributed by atoms with E-state index in [1.165, 1.54) is 19.1 Å². The average Bonchev–Trinajstić information content (AvgIpc) is 2.71. The second-order valence-electron chi connectivity index (χ2n) is 8.10. The van der Waals surface area contributed by atoms with Crippen molar-refractivity contribution in [2.75, 3.05) is 6.54 Å². The van der Waals surface area contributed by atoms with E-state index in [4.69, 9.17) is 9.47 Å². The Kier molecular flexibility index (Phi) is 8.30. The van der Waals surface area contributed by atoms with Crippen LogP contribution >= 0.6 is 0 Å². The van der Waals surface area contributed by atoms with Crippen LogP contribution in [0.2, 0.25) is 0 Å². The molecule has 2 aromatic carbocycles. The number of rotatable bonds is 8. The molecule has 2 atom stereocenters. The molecule has 0 heterocycles. The normalized spacial score (nSPS) is 13.1. The van der Waals surface area contributed by atoms with Crippen molar-refractivity contribution in [3.63, 3.8) is 0 Å². The van der Waals surface area contributed by atoms with Gasteiger partial charge in [0, 0.05) is 13.0 Å². The molecule has 0 bridgehead atoms. The van der Waals surface area contributed by atoms with E-state index < -0.39 is 35.7 Å². The van der Waals surface area contributed by atoms with Crippen LogP contribution in [0.25, 0.3) is 11.1 Å². The minimum atomic E-state index is -2.02. The number of alkyl halides is 1. The molecule has 0 spiro atoms. The van der Waals surface area contributed by atoms with Crippen molar-refractivity contribution in [1.29, 1.82) is 0 Å². The van der Waals surface area contributed by atoms with Gasteiger partial charge in [0.15, 0.2) is 11.9 Å². The fourth-order valence-electron chi connectivity index (χ4n) is 2.78. The summed E-state index contributed by atoms with van der Waals surface area (Å²) in [4.78, 5) is 35.7. The minimum Gasteiger partial charge on any atom is -0.452 e. The number of hydrogen-bond donors (Lipinski definition) is 1. The molecule has 2 rings (SSSR count). The summed E-state index contributed by atoms with van der Waals surface area (Å²) in [6, 6.07) is 16.0. The molecule has 7 heteroatoms. The summed E-state index contributed by atoms with van der Waals surface area (Å²) >= 11 is 0. The van der Waals surface area contributed by atoms with Crippen LogP contribution in [0.4, 0.5) is 9.18 Å². The highest BCUT2D eigenvalue weighted by molar-refractivity contribution is 5.85. The van der Waals surface area contributed by atoms with Crippen LogP contribution in [0.3, 0.4) is 0 Å². The van der Waals surface area contributed by atoms with Gasteiger partial charge in [-0.05, 0) is 44.4 Å². The predicted octanol–water partition coefficient (Wildman–Crippen LogP) is 4.78. The third-order valence-corrected chi connectivity index (χ3v) is 4.30. The Hall–Kier alpha value is -3.22. The number of carbonyl (C=O) groups excluding carboxylic acids is 3. The monoisotopic (exact) mass is 429 g/mol. The third kappa shape index (κ3) is 7.85. The Morgan fingerprint density at radius 2 is 1.55 bits per heavy atom. The van der Waals surface area contributed by atoms with Crippen molar-refractivity contribution in [3.05, 3.63) is 60.2 Å². The molecule has 2 aromatic rings. The number of ether oxygens (including phenoxy) is 2. The number of alkyl carbamates (subject to hydrolysis) is 1. The van der Waals surface area contributed by atoms with Crippen LogP contribution in [-0.2, 0) is 19.1 Å². The van der Waals surface area contributed by atoms with E-state index in [0.29, 0.717) is 0 Å². The molecule has 6 nitrogen and oxygen atoms in total. The first-order valence-corrected chi connectivity index (χ1v) is 10.0. The van der Waals surface area contributed by atoms with E-state index in [-0.39, 0.29) is 18.5 Å². The van der Waals surface area contributed by atoms with Gasteiger partial charge in [0.1, 0.15) is 5.60 Å². The van der Waals surface area contributed by atoms with E-state index >= 15 is 0 Å². The molecule has 0 saturated carbocycles. The molecule has 0 radical (unpaired) electrons.